The van der Waals surface area contributed by atoms with E-state index in [2.05, 4.69) is 105 Å². The van der Waals surface area contributed by atoms with Gasteiger partial charge in [0, 0.05) is 0 Å². The third-order valence-electron chi connectivity index (χ3n) is 5.11. The van der Waals surface area contributed by atoms with Crippen LogP contribution in [0.2, 0.25) is 0 Å². The van der Waals surface area contributed by atoms with E-state index >= 15 is 0 Å². The van der Waals surface area contributed by atoms with E-state index in [-0.39, 0.29) is 0 Å². The topological polar surface area (TPSA) is 0 Å². The molecule has 0 unspecified atom stereocenters. The van der Waals surface area contributed by atoms with Crippen LogP contribution in [0.4, 0.5) is 0 Å². The maximum Gasteiger partial charge on any atom is -0.00637 e. The first-order valence-corrected chi connectivity index (χ1v) is 9.54. The van der Waals surface area contributed by atoms with Crippen molar-refractivity contribution in [2.45, 2.75) is 19.8 Å². The zero-order valence-corrected chi connectivity index (χ0v) is 15.8. The highest BCUT2D eigenvalue weighted by atomic mass is 14.2. The molecule has 0 aromatic heterocycles. The van der Waals surface area contributed by atoms with Crippen LogP contribution in [0.5, 0.6) is 0 Å². The zero-order valence-electron chi connectivity index (χ0n) is 15.8. The number of benzene rings is 3. The normalized spacial score (nSPS) is 20.0. The van der Waals surface area contributed by atoms with Crippen LogP contribution >= 0.6 is 0 Å². The van der Waals surface area contributed by atoms with Crippen molar-refractivity contribution in [1.29, 1.82) is 0 Å². The standard InChI is InChI=1S/C27H24/c1-20(2)26-22-16-10-12-18-24(22)27(25-19-13-11-17-23(25)26)21-14-8-6-4-3-5-7-9-15-21/h3-4,6-13,15-19H,1,5,14H2,2H3/b4-3-,8-6-,9-7-,21-15+. The molecular weight excluding hydrogens is 324 g/mol. The molecule has 1 aliphatic rings. The highest BCUT2D eigenvalue weighted by Crippen LogP contribution is 2.40. The van der Waals surface area contributed by atoms with Gasteiger partial charge in [-0.05, 0) is 63.6 Å². The van der Waals surface area contributed by atoms with E-state index in [1.807, 2.05) is 0 Å². The van der Waals surface area contributed by atoms with Gasteiger partial charge in [0.15, 0.2) is 0 Å². The molecule has 0 radical (unpaired) electrons. The van der Waals surface area contributed by atoms with Gasteiger partial charge < -0.3 is 0 Å². The third kappa shape index (κ3) is 3.31. The first kappa shape index (κ1) is 17.3. The van der Waals surface area contributed by atoms with Gasteiger partial charge in [-0.2, -0.15) is 0 Å². The molecule has 0 heterocycles. The van der Waals surface area contributed by atoms with E-state index in [4.69, 9.17) is 0 Å². The van der Waals surface area contributed by atoms with Crippen LogP contribution < -0.4 is 0 Å². The lowest BCUT2D eigenvalue weighted by Crippen LogP contribution is -1.94. The van der Waals surface area contributed by atoms with Crippen molar-refractivity contribution in [2.24, 2.45) is 0 Å². The maximum atomic E-state index is 4.27. The van der Waals surface area contributed by atoms with Crippen LogP contribution in [-0.4, -0.2) is 0 Å². The number of hydrogen-bond acceptors (Lipinski definition) is 0. The summed E-state index contributed by atoms with van der Waals surface area (Å²) in [5.41, 5.74) is 5.06. The summed E-state index contributed by atoms with van der Waals surface area (Å²) >= 11 is 0. The maximum absolute atomic E-state index is 4.27. The first-order chi connectivity index (χ1) is 13.3. The van der Waals surface area contributed by atoms with Gasteiger partial charge in [0.25, 0.3) is 0 Å². The van der Waals surface area contributed by atoms with Crippen molar-refractivity contribution < 1.29 is 0 Å². The third-order valence-corrected chi connectivity index (χ3v) is 5.11. The molecule has 0 bridgehead atoms. The van der Waals surface area contributed by atoms with Crippen LogP contribution in [0.1, 0.15) is 30.9 Å². The molecule has 1 aliphatic carbocycles. The summed E-state index contributed by atoms with van der Waals surface area (Å²) in [6, 6.07) is 17.5. The Labute approximate surface area is 161 Å². The Kier molecular flexibility index (Phi) is 4.89. The second-order valence-electron chi connectivity index (χ2n) is 7.04. The Bertz CT molecular complexity index is 1080. The predicted molar refractivity (Wildman–Crippen MR) is 121 cm³/mol. The molecule has 0 heteroatoms. The van der Waals surface area contributed by atoms with E-state index in [0.29, 0.717) is 0 Å². The molecule has 27 heavy (non-hydrogen) atoms. The molecule has 132 valence electrons. The molecule has 0 aliphatic heterocycles. The van der Waals surface area contributed by atoms with Gasteiger partial charge in [-0.3, -0.25) is 0 Å². The summed E-state index contributed by atoms with van der Waals surface area (Å²) in [6.45, 7) is 6.38. The Morgan fingerprint density at radius 3 is 1.93 bits per heavy atom. The molecule has 0 saturated heterocycles. The van der Waals surface area contributed by atoms with Crippen molar-refractivity contribution in [3.8, 4) is 0 Å². The van der Waals surface area contributed by atoms with Gasteiger partial charge in [0.2, 0.25) is 0 Å². The summed E-state index contributed by atoms with van der Waals surface area (Å²) in [6.07, 6.45) is 17.3. The predicted octanol–water partition coefficient (Wildman–Crippen LogP) is 7.87. The second-order valence-corrected chi connectivity index (χ2v) is 7.04. The number of fused-ring (bicyclic) bond motifs is 2. The SMILES string of the molecule is C=C(C)c1c2ccccc2c(/C2=C/C=C\C/C=C\C=C/C2)c2ccccc12. The van der Waals surface area contributed by atoms with Crippen molar-refractivity contribution in [3.63, 3.8) is 0 Å². The summed E-state index contributed by atoms with van der Waals surface area (Å²) in [7, 11) is 0. The number of allylic oxidation sites excluding steroid dienone is 9. The van der Waals surface area contributed by atoms with Crippen molar-refractivity contribution in [3.05, 3.63) is 109 Å². The van der Waals surface area contributed by atoms with Crippen molar-refractivity contribution in [2.75, 3.05) is 0 Å². The van der Waals surface area contributed by atoms with Gasteiger partial charge in [-0.1, -0.05) is 97.6 Å². The van der Waals surface area contributed by atoms with Crippen molar-refractivity contribution in [1.82, 2.24) is 0 Å². The molecule has 0 N–H and O–H groups in total. The highest BCUT2D eigenvalue weighted by Gasteiger charge is 2.15. The molecule has 0 saturated carbocycles. The fraction of sp³-hybridized carbons (Fsp3) is 0.111. The molecular formula is C27H24. The molecule has 0 nitrogen and oxygen atoms in total. The molecule has 4 rings (SSSR count). The average molecular weight is 348 g/mol. The fourth-order valence-electron chi connectivity index (χ4n) is 3.96. The summed E-state index contributed by atoms with van der Waals surface area (Å²) < 4.78 is 0. The van der Waals surface area contributed by atoms with Crippen LogP contribution in [0, 0.1) is 0 Å². The zero-order chi connectivity index (χ0) is 18.6. The van der Waals surface area contributed by atoms with Crippen LogP contribution in [0.3, 0.4) is 0 Å². The largest absolute Gasteiger partial charge is 0.0955 e. The highest BCUT2D eigenvalue weighted by molar-refractivity contribution is 6.15. The van der Waals surface area contributed by atoms with Crippen LogP contribution in [-0.2, 0) is 0 Å². The number of rotatable bonds is 2. The van der Waals surface area contributed by atoms with E-state index < -0.39 is 0 Å². The van der Waals surface area contributed by atoms with Gasteiger partial charge in [0.05, 0.1) is 0 Å². The van der Waals surface area contributed by atoms with E-state index in [1.165, 1.54) is 38.2 Å². The van der Waals surface area contributed by atoms with Gasteiger partial charge >= 0.3 is 0 Å². The Balaban J connectivity index is 2.10. The van der Waals surface area contributed by atoms with Crippen LogP contribution in [0.15, 0.2) is 97.6 Å². The van der Waals surface area contributed by atoms with E-state index in [1.54, 1.807) is 0 Å². The quantitative estimate of drug-likeness (QED) is 0.413. The smallest absolute Gasteiger partial charge is 0.00637 e. The monoisotopic (exact) mass is 348 g/mol. The molecule has 3 aromatic rings. The molecule has 0 amide bonds. The fourth-order valence-corrected chi connectivity index (χ4v) is 3.96. The minimum atomic E-state index is 0.912. The van der Waals surface area contributed by atoms with E-state index in [9.17, 15) is 0 Å². The van der Waals surface area contributed by atoms with Gasteiger partial charge in [-0.25, -0.2) is 0 Å². The van der Waals surface area contributed by atoms with Gasteiger partial charge in [-0.15, -0.1) is 0 Å². The van der Waals surface area contributed by atoms with E-state index in [0.717, 1.165) is 18.4 Å². The lowest BCUT2D eigenvalue weighted by molar-refractivity contribution is 1.36. The molecule has 3 aromatic carbocycles. The lowest BCUT2D eigenvalue weighted by atomic mass is 9.85. The minimum absolute atomic E-state index is 0.912. The van der Waals surface area contributed by atoms with Crippen molar-refractivity contribution >= 4 is 32.7 Å². The lowest BCUT2D eigenvalue weighted by Gasteiger charge is -2.18. The first-order valence-electron chi connectivity index (χ1n) is 9.54. The molecule has 0 spiro atoms. The minimum Gasteiger partial charge on any atom is -0.0955 e. The Morgan fingerprint density at radius 1 is 0.741 bits per heavy atom. The van der Waals surface area contributed by atoms with Crippen LogP contribution in [0.25, 0.3) is 32.7 Å². The number of hydrogen-bond donors (Lipinski definition) is 0. The van der Waals surface area contributed by atoms with Gasteiger partial charge in [0.1, 0.15) is 0 Å². The summed E-state index contributed by atoms with van der Waals surface area (Å²) in [5, 5.41) is 5.17. The Morgan fingerprint density at radius 2 is 1.30 bits per heavy atom. The Hall–Kier alpha value is -3.12. The summed E-state index contributed by atoms with van der Waals surface area (Å²) in [4.78, 5) is 0. The molecule has 0 atom stereocenters. The summed E-state index contributed by atoms with van der Waals surface area (Å²) in [5.74, 6) is 0. The average Bonchev–Trinajstić information content (AvgIpc) is 2.70. The second kappa shape index (κ2) is 7.63. The molecule has 0 fully saturated rings.